The number of likely N-dealkylation sites (tertiary alicyclic amines) is 1. The van der Waals surface area contributed by atoms with Crippen molar-refractivity contribution in [1.29, 1.82) is 0 Å². The van der Waals surface area contributed by atoms with Gasteiger partial charge in [0, 0.05) is 0 Å². The molecule has 2 atom stereocenters. The fourth-order valence-electron chi connectivity index (χ4n) is 3.13. The standard InChI is InChI=1S/C15H21NO/c1-12-14(16-9-5-2-6-10-16)11-13-7-3-4-8-15(13)17-12/h3-4,7-8,12,14H,2,5-6,9-11H2,1H3/t12-,14-/m0/s1. The Morgan fingerprint density at radius 1 is 1.12 bits per heavy atom. The maximum Gasteiger partial charge on any atom is 0.123 e. The van der Waals surface area contributed by atoms with E-state index in [1.54, 1.807) is 0 Å². The molecule has 0 radical (unpaired) electrons. The lowest BCUT2D eigenvalue weighted by molar-refractivity contribution is 0.0501. The Morgan fingerprint density at radius 2 is 1.88 bits per heavy atom. The second-order valence-electron chi connectivity index (χ2n) is 5.30. The summed E-state index contributed by atoms with van der Waals surface area (Å²) in [5, 5.41) is 0. The smallest absolute Gasteiger partial charge is 0.123 e. The summed E-state index contributed by atoms with van der Waals surface area (Å²) < 4.78 is 6.06. The topological polar surface area (TPSA) is 12.5 Å². The molecule has 2 heteroatoms. The number of rotatable bonds is 1. The van der Waals surface area contributed by atoms with Crippen LogP contribution in [-0.2, 0) is 6.42 Å². The van der Waals surface area contributed by atoms with Crippen molar-refractivity contribution in [3.05, 3.63) is 29.8 Å². The predicted octanol–water partition coefficient (Wildman–Crippen LogP) is 2.86. The largest absolute Gasteiger partial charge is 0.489 e. The van der Waals surface area contributed by atoms with Gasteiger partial charge in [-0.2, -0.15) is 0 Å². The van der Waals surface area contributed by atoms with Gasteiger partial charge in [0.15, 0.2) is 0 Å². The Balaban J connectivity index is 1.79. The lowest BCUT2D eigenvalue weighted by Gasteiger charge is -2.41. The third kappa shape index (κ3) is 2.19. The van der Waals surface area contributed by atoms with Gasteiger partial charge in [-0.3, -0.25) is 4.90 Å². The van der Waals surface area contributed by atoms with E-state index in [0.717, 1.165) is 12.2 Å². The molecule has 0 amide bonds. The third-order valence-corrected chi connectivity index (χ3v) is 4.12. The summed E-state index contributed by atoms with van der Waals surface area (Å²) in [5.41, 5.74) is 1.38. The van der Waals surface area contributed by atoms with Crippen LogP contribution in [0.5, 0.6) is 5.75 Å². The second-order valence-corrected chi connectivity index (χ2v) is 5.30. The summed E-state index contributed by atoms with van der Waals surface area (Å²) in [6.07, 6.45) is 5.57. The van der Waals surface area contributed by atoms with Gasteiger partial charge >= 0.3 is 0 Å². The van der Waals surface area contributed by atoms with Crippen molar-refractivity contribution in [2.45, 2.75) is 44.8 Å². The minimum absolute atomic E-state index is 0.322. The molecule has 0 spiro atoms. The minimum atomic E-state index is 0.322. The molecule has 0 aromatic heterocycles. The lowest BCUT2D eigenvalue weighted by Crippen LogP contribution is -2.50. The van der Waals surface area contributed by atoms with E-state index in [1.165, 1.54) is 37.9 Å². The summed E-state index contributed by atoms with van der Waals surface area (Å²) in [5.74, 6) is 1.09. The van der Waals surface area contributed by atoms with Crippen LogP contribution in [0.3, 0.4) is 0 Å². The van der Waals surface area contributed by atoms with Gasteiger partial charge in [-0.15, -0.1) is 0 Å². The van der Waals surface area contributed by atoms with Crippen LogP contribution >= 0.6 is 0 Å². The zero-order valence-corrected chi connectivity index (χ0v) is 10.6. The quantitative estimate of drug-likeness (QED) is 0.737. The van der Waals surface area contributed by atoms with Crippen LogP contribution in [0.25, 0.3) is 0 Å². The maximum atomic E-state index is 6.06. The van der Waals surface area contributed by atoms with E-state index in [2.05, 4.69) is 36.1 Å². The lowest BCUT2D eigenvalue weighted by atomic mass is 9.95. The Kier molecular flexibility index (Phi) is 3.06. The van der Waals surface area contributed by atoms with Crippen LogP contribution in [0.1, 0.15) is 31.7 Å². The molecule has 1 saturated heterocycles. The first-order chi connectivity index (χ1) is 8.34. The van der Waals surface area contributed by atoms with Crippen molar-refractivity contribution in [3.8, 4) is 5.75 Å². The summed E-state index contributed by atoms with van der Waals surface area (Å²) in [6, 6.07) is 9.06. The normalized spacial score (nSPS) is 29.5. The van der Waals surface area contributed by atoms with Crippen LogP contribution in [-0.4, -0.2) is 30.1 Å². The highest BCUT2D eigenvalue weighted by atomic mass is 16.5. The van der Waals surface area contributed by atoms with Crippen molar-refractivity contribution >= 4 is 0 Å². The number of benzene rings is 1. The average molecular weight is 231 g/mol. The Hall–Kier alpha value is -1.02. The minimum Gasteiger partial charge on any atom is -0.489 e. The summed E-state index contributed by atoms with van der Waals surface area (Å²) >= 11 is 0. The first kappa shape index (κ1) is 11.1. The van der Waals surface area contributed by atoms with Crippen molar-refractivity contribution in [3.63, 3.8) is 0 Å². The van der Waals surface area contributed by atoms with Crippen LogP contribution in [0.2, 0.25) is 0 Å². The van der Waals surface area contributed by atoms with E-state index in [4.69, 9.17) is 4.74 Å². The van der Waals surface area contributed by atoms with E-state index in [0.29, 0.717) is 12.1 Å². The number of fused-ring (bicyclic) bond motifs is 1. The average Bonchev–Trinajstić information content (AvgIpc) is 2.39. The fourth-order valence-corrected chi connectivity index (χ4v) is 3.13. The zero-order chi connectivity index (χ0) is 11.7. The molecule has 2 heterocycles. The van der Waals surface area contributed by atoms with Crippen molar-refractivity contribution in [1.82, 2.24) is 4.90 Å². The second kappa shape index (κ2) is 4.69. The number of hydrogen-bond acceptors (Lipinski definition) is 2. The van der Waals surface area contributed by atoms with Gasteiger partial charge in [0.1, 0.15) is 11.9 Å². The Bertz CT molecular complexity index is 384. The predicted molar refractivity (Wildman–Crippen MR) is 69.4 cm³/mol. The van der Waals surface area contributed by atoms with Gasteiger partial charge in [-0.1, -0.05) is 24.6 Å². The molecule has 1 aromatic rings. The van der Waals surface area contributed by atoms with Crippen LogP contribution in [0, 0.1) is 0 Å². The number of nitrogens with zero attached hydrogens (tertiary/aromatic N) is 1. The Morgan fingerprint density at radius 3 is 2.71 bits per heavy atom. The maximum absolute atomic E-state index is 6.06. The van der Waals surface area contributed by atoms with Crippen LogP contribution < -0.4 is 4.74 Å². The van der Waals surface area contributed by atoms with Crippen molar-refractivity contribution < 1.29 is 4.74 Å². The highest BCUT2D eigenvalue weighted by Crippen LogP contribution is 2.30. The SMILES string of the molecule is C[C@@H]1Oc2ccccc2C[C@@H]1N1CCCCC1. The molecule has 17 heavy (non-hydrogen) atoms. The van der Waals surface area contributed by atoms with E-state index < -0.39 is 0 Å². The highest BCUT2D eigenvalue weighted by Gasteiger charge is 2.31. The summed E-state index contributed by atoms with van der Waals surface area (Å²) in [6.45, 7) is 4.72. The van der Waals surface area contributed by atoms with Crippen LogP contribution in [0.15, 0.2) is 24.3 Å². The van der Waals surface area contributed by atoms with Crippen molar-refractivity contribution in [2.75, 3.05) is 13.1 Å². The summed E-state index contributed by atoms with van der Waals surface area (Å²) in [4.78, 5) is 2.63. The molecule has 2 nitrogen and oxygen atoms in total. The molecule has 92 valence electrons. The van der Waals surface area contributed by atoms with E-state index >= 15 is 0 Å². The molecule has 1 fully saturated rings. The molecule has 0 bridgehead atoms. The van der Waals surface area contributed by atoms with Gasteiger partial charge in [0.2, 0.25) is 0 Å². The molecular formula is C15H21NO. The van der Waals surface area contributed by atoms with Gasteiger partial charge in [-0.25, -0.2) is 0 Å². The zero-order valence-electron chi connectivity index (χ0n) is 10.6. The first-order valence-corrected chi connectivity index (χ1v) is 6.83. The molecular weight excluding hydrogens is 210 g/mol. The van der Waals surface area contributed by atoms with Crippen LogP contribution in [0.4, 0.5) is 0 Å². The van der Waals surface area contributed by atoms with E-state index in [9.17, 15) is 0 Å². The Labute approximate surface area is 104 Å². The number of para-hydroxylation sites is 1. The van der Waals surface area contributed by atoms with E-state index in [1.807, 2.05) is 0 Å². The molecule has 0 saturated carbocycles. The number of ether oxygens (including phenoxy) is 1. The van der Waals surface area contributed by atoms with E-state index in [-0.39, 0.29) is 0 Å². The molecule has 2 aliphatic rings. The number of piperidine rings is 1. The molecule has 2 aliphatic heterocycles. The van der Waals surface area contributed by atoms with Crippen molar-refractivity contribution in [2.24, 2.45) is 0 Å². The molecule has 1 aromatic carbocycles. The summed E-state index contributed by atoms with van der Waals surface area (Å²) in [7, 11) is 0. The van der Waals surface area contributed by atoms with Gasteiger partial charge in [0.05, 0.1) is 6.04 Å². The fraction of sp³-hybridized carbons (Fsp3) is 0.600. The highest BCUT2D eigenvalue weighted by molar-refractivity contribution is 5.36. The number of hydrogen-bond donors (Lipinski definition) is 0. The van der Waals surface area contributed by atoms with Gasteiger partial charge in [0.25, 0.3) is 0 Å². The molecule has 0 unspecified atom stereocenters. The molecule has 3 rings (SSSR count). The molecule has 0 N–H and O–H groups in total. The monoisotopic (exact) mass is 231 g/mol. The first-order valence-electron chi connectivity index (χ1n) is 6.83. The molecule has 0 aliphatic carbocycles. The van der Waals surface area contributed by atoms with Gasteiger partial charge < -0.3 is 4.74 Å². The third-order valence-electron chi connectivity index (χ3n) is 4.12. The van der Waals surface area contributed by atoms with Gasteiger partial charge in [-0.05, 0) is 50.9 Å².